The van der Waals surface area contributed by atoms with Gasteiger partial charge in [0, 0.05) is 13.1 Å². The lowest BCUT2D eigenvalue weighted by atomic mass is 10.4. The summed E-state index contributed by atoms with van der Waals surface area (Å²) in [5.41, 5.74) is 23.6. The molecule has 0 radical (unpaired) electrons. The smallest absolute Gasteiger partial charge is 0.145 e. The first-order chi connectivity index (χ1) is 8.09. The van der Waals surface area contributed by atoms with Gasteiger partial charge in [0.2, 0.25) is 0 Å². The average molecular weight is 236 g/mol. The van der Waals surface area contributed by atoms with Crippen LogP contribution < -0.4 is 22.9 Å². The highest BCUT2D eigenvalue weighted by Crippen LogP contribution is 2.15. The summed E-state index contributed by atoms with van der Waals surface area (Å²) in [4.78, 5) is 0. The molecule has 0 bridgehead atoms. The number of hydrogen-bond donors (Lipinski definition) is 4. The van der Waals surface area contributed by atoms with Crippen LogP contribution in [-0.4, -0.2) is 19.6 Å². The zero-order chi connectivity index (χ0) is 12.4. The molecular weight excluding hydrogens is 220 g/mol. The van der Waals surface area contributed by atoms with Crippen molar-refractivity contribution < 1.29 is 0 Å². The maximum absolute atomic E-state index is 5.72. The molecule has 2 heterocycles. The van der Waals surface area contributed by atoms with Crippen LogP contribution in [0.5, 0.6) is 0 Å². The van der Waals surface area contributed by atoms with Crippen molar-refractivity contribution in [3.8, 4) is 0 Å². The summed E-state index contributed by atoms with van der Waals surface area (Å²) in [5.74, 6) is 0.968. The fourth-order valence-electron chi connectivity index (χ4n) is 1.55. The van der Waals surface area contributed by atoms with Gasteiger partial charge in [0.1, 0.15) is 11.6 Å². The lowest BCUT2D eigenvalue weighted by molar-refractivity contribution is 0.509. The van der Waals surface area contributed by atoms with E-state index >= 15 is 0 Å². The Bertz CT molecular complexity index is 465. The van der Waals surface area contributed by atoms with Gasteiger partial charge in [-0.15, -0.1) is 0 Å². The molecule has 0 aliphatic heterocycles. The summed E-state index contributed by atoms with van der Waals surface area (Å²) < 4.78 is 3.30. The van der Waals surface area contributed by atoms with E-state index in [0.717, 1.165) is 6.42 Å². The minimum Gasteiger partial charge on any atom is -0.394 e. The Balaban J connectivity index is 1.92. The van der Waals surface area contributed by atoms with Gasteiger partial charge in [0.05, 0.1) is 23.8 Å². The van der Waals surface area contributed by atoms with Crippen LogP contribution in [0.2, 0.25) is 0 Å². The molecule has 0 aliphatic rings. The molecule has 0 saturated carbocycles. The van der Waals surface area contributed by atoms with Gasteiger partial charge >= 0.3 is 0 Å². The molecule has 8 nitrogen and oxygen atoms in total. The van der Waals surface area contributed by atoms with Crippen molar-refractivity contribution in [3.05, 3.63) is 12.4 Å². The summed E-state index contributed by atoms with van der Waals surface area (Å²) in [6.45, 7) is 1.31. The molecule has 8 heteroatoms. The highest BCUT2D eigenvalue weighted by Gasteiger charge is 2.06. The van der Waals surface area contributed by atoms with Crippen LogP contribution >= 0.6 is 0 Å². The maximum atomic E-state index is 5.72. The molecule has 92 valence electrons. The van der Waals surface area contributed by atoms with Crippen LogP contribution in [0.1, 0.15) is 6.42 Å². The Hall–Kier alpha value is -2.38. The fraction of sp³-hybridized carbons (Fsp3) is 0.333. The molecular formula is C9H16N8. The van der Waals surface area contributed by atoms with Crippen LogP contribution in [-0.2, 0) is 13.1 Å². The van der Waals surface area contributed by atoms with E-state index in [-0.39, 0.29) is 0 Å². The molecule has 8 N–H and O–H groups in total. The van der Waals surface area contributed by atoms with E-state index in [1.54, 1.807) is 9.36 Å². The van der Waals surface area contributed by atoms with Crippen LogP contribution in [0.25, 0.3) is 0 Å². The van der Waals surface area contributed by atoms with Gasteiger partial charge in [-0.3, -0.25) is 0 Å². The number of nitrogen functional groups attached to an aromatic ring is 4. The van der Waals surface area contributed by atoms with E-state index in [1.807, 2.05) is 0 Å². The topological polar surface area (TPSA) is 140 Å². The van der Waals surface area contributed by atoms with Gasteiger partial charge in [-0.2, -0.15) is 10.2 Å². The number of aromatic nitrogens is 4. The standard InChI is InChI=1S/C9H16N8/c10-6-4-14-16(8(6)12)2-1-3-17-9(13)7(11)5-15-17/h4-5H,1-3,10-13H2. The molecule has 0 atom stereocenters. The van der Waals surface area contributed by atoms with Crippen LogP contribution in [0.3, 0.4) is 0 Å². The van der Waals surface area contributed by atoms with Crippen molar-refractivity contribution in [1.82, 2.24) is 19.6 Å². The molecule has 0 aliphatic carbocycles. The molecule has 2 aromatic rings. The monoisotopic (exact) mass is 236 g/mol. The second-order valence-electron chi connectivity index (χ2n) is 3.77. The highest BCUT2D eigenvalue weighted by molar-refractivity contribution is 5.57. The summed E-state index contributed by atoms with van der Waals surface area (Å²) in [7, 11) is 0. The van der Waals surface area contributed by atoms with Crippen molar-refractivity contribution in [2.75, 3.05) is 22.9 Å². The molecule has 2 aromatic heterocycles. The van der Waals surface area contributed by atoms with E-state index < -0.39 is 0 Å². The Morgan fingerprint density at radius 3 is 1.53 bits per heavy atom. The summed E-state index contributed by atoms with van der Waals surface area (Å²) in [5, 5.41) is 8.11. The Morgan fingerprint density at radius 2 is 1.24 bits per heavy atom. The second-order valence-corrected chi connectivity index (χ2v) is 3.77. The fourth-order valence-corrected chi connectivity index (χ4v) is 1.55. The SMILES string of the molecule is Nc1cnn(CCCn2ncc(N)c2N)c1N. The van der Waals surface area contributed by atoms with Crippen LogP contribution in [0.15, 0.2) is 12.4 Å². The van der Waals surface area contributed by atoms with Crippen molar-refractivity contribution in [2.24, 2.45) is 0 Å². The van der Waals surface area contributed by atoms with Crippen molar-refractivity contribution >= 4 is 23.0 Å². The molecule has 0 aromatic carbocycles. The van der Waals surface area contributed by atoms with Crippen molar-refractivity contribution in [3.63, 3.8) is 0 Å². The number of nitrogens with zero attached hydrogens (tertiary/aromatic N) is 4. The van der Waals surface area contributed by atoms with Gasteiger partial charge < -0.3 is 22.9 Å². The number of anilines is 4. The van der Waals surface area contributed by atoms with Gasteiger partial charge in [-0.25, -0.2) is 9.36 Å². The van der Waals surface area contributed by atoms with E-state index in [2.05, 4.69) is 10.2 Å². The Kier molecular flexibility index (Phi) is 2.77. The average Bonchev–Trinajstić information content (AvgIpc) is 2.79. The maximum Gasteiger partial charge on any atom is 0.145 e. The number of aryl methyl sites for hydroxylation is 2. The number of nitrogens with two attached hydrogens (primary N) is 4. The molecule has 17 heavy (non-hydrogen) atoms. The predicted octanol–water partition coefficient (Wildman–Crippen LogP) is -0.501. The molecule has 2 rings (SSSR count). The summed E-state index contributed by atoms with van der Waals surface area (Å²) in [6, 6.07) is 0. The minimum atomic E-state index is 0.484. The normalized spacial score (nSPS) is 10.8. The predicted molar refractivity (Wildman–Crippen MR) is 66.7 cm³/mol. The molecule has 0 amide bonds. The highest BCUT2D eigenvalue weighted by atomic mass is 15.3. The number of hydrogen-bond acceptors (Lipinski definition) is 6. The third-order valence-electron chi connectivity index (χ3n) is 2.56. The Morgan fingerprint density at radius 1 is 0.824 bits per heavy atom. The largest absolute Gasteiger partial charge is 0.394 e. The third-order valence-corrected chi connectivity index (χ3v) is 2.56. The van der Waals surface area contributed by atoms with Gasteiger partial charge in [-0.1, -0.05) is 0 Å². The first kappa shape index (κ1) is 11.1. The van der Waals surface area contributed by atoms with E-state index in [1.165, 1.54) is 12.4 Å². The second kappa shape index (κ2) is 4.24. The molecule has 0 saturated heterocycles. The zero-order valence-electron chi connectivity index (χ0n) is 9.37. The third kappa shape index (κ3) is 2.10. The van der Waals surface area contributed by atoms with Gasteiger partial charge in [-0.05, 0) is 6.42 Å². The summed E-state index contributed by atoms with van der Waals surface area (Å²) >= 11 is 0. The Labute approximate surface area is 98.2 Å². The molecule has 0 unspecified atom stereocenters. The van der Waals surface area contributed by atoms with Crippen molar-refractivity contribution in [1.29, 1.82) is 0 Å². The number of rotatable bonds is 4. The first-order valence-electron chi connectivity index (χ1n) is 5.23. The quantitative estimate of drug-likeness (QED) is 0.564. The summed E-state index contributed by atoms with van der Waals surface area (Å²) in [6.07, 6.45) is 3.86. The van der Waals surface area contributed by atoms with Crippen LogP contribution in [0, 0.1) is 0 Å². The first-order valence-corrected chi connectivity index (χ1v) is 5.23. The molecule has 0 fully saturated rings. The van der Waals surface area contributed by atoms with Crippen molar-refractivity contribution in [2.45, 2.75) is 19.5 Å². The lowest BCUT2D eigenvalue weighted by Gasteiger charge is -2.06. The minimum absolute atomic E-state index is 0.484. The van der Waals surface area contributed by atoms with Gasteiger partial charge in [0.15, 0.2) is 0 Å². The van der Waals surface area contributed by atoms with Gasteiger partial charge in [0.25, 0.3) is 0 Å². The molecule has 0 spiro atoms. The van der Waals surface area contributed by atoms with E-state index in [4.69, 9.17) is 22.9 Å². The lowest BCUT2D eigenvalue weighted by Crippen LogP contribution is -2.10. The van der Waals surface area contributed by atoms with E-state index in [0.29, 0.717) is 36.1 Å². The van der Waals surface area contributed by atoms with Crippen LogP contribution in [0.4, 0.5) is 23.0 Å². The van der Waals surface area contributed by atoms with E-state index in [9.17, 15) is 0 Å². The zero-order valence-corrected chi connectivity index (χ0v) is 9.37.